The minimum atomic E-state index is -0.259. The highest BCUT2D eigenvalue weighted by molar-refractivity contribution is 9.10. The van der Waals surface area contributed by atoms with E-state index in [0.29, 0.717) is 6.54 Å². The number of aromatic amines is 1. The summed E-state index contributed by atoms with van der Waals surface area (Å²) in [5.41, 5.74) is 1.68. The van der Waals surface area contributed by atoms with E-state index in [2.05, 4.69) is 31.2 Å². The zero-order valence-electron chi connectivity index (χ0n) is 7.80. The van der Waals surface area contributed by atoms with Gasteiger partial charge >= 0.3 is 0 Å². The first-order chi connectivity index (χ1) is 7.25. The first kappa shape index (κ1) is 10.2. The lowest BCUT2D eigenvalue weighted by atomic mass is 10.3. The predicted octanol–water partition coefficient (Wildman–Crippen LogP) is 2.92. The lowest BCUT2D eigenvalue weighted by Crippen LogP contribution is -2.00. The Balaban J connectivity index is 2.07. The van der Waals surface area contributed by atoms with Gasteiger partial charge in [0.1, 0.15) is 5.82 Å². The second-order valence-corrected chi connectivity index (χ2v) is 3.91. The number of aromatic nitrogens is 2. The largest absolute Gasteiger partial charge is 0.378 e. The fraction of sp³-hybridized carbons (Fsp3) is 0.100. The molecule has 0 atom stereocenters. The Labute approximate surface area is 94.9 Å². The van der Waals surface area contributed by atoms with Gasteiger partial charge in [-0.15, -0.1) is 0 Å². The SMILES string of the molecule is Fc1ccc(Br)c(NCc2cnc[nH]2)c1. The van der Waals surface area contributed by atoms with Crippen LogP contribution in [-0.4, -0.2) is 9.97 Å². The van der Waals surface area contributed by atoms with Crippen LogP contribution in [0.2, 0.25) is 0 Å². The molecule has 0 unspecified atom stereocenters. The number of hydrogen-bond acceptors (Lipinski definition) is 2. The van der Waals surface area contributed by atoms with Gasteiger partial charge in [-0.2, -0.15) is 0 Å². The number of halogens is 2. The number of nitrogens with zero attached hydrogens (tertiary/aromatic N) is 1. The molecule has 0 radical (unpaired) electrons. The molecule has 0 saturated heterocycles. The smallest absolute Gasteiger partial charge is 0.125 e. The molecule has 0 spiro atoms. The first-order valence-corrected chi connectivity index (χ1v) is 5.21. The Bertz CT molecular complexity index is 442. The van der Waals surface area contributed by atoms with Crippen LogP contribution in [0.4, 0.5) is 10.1 Å². The molecular weight excluding hydrogens is 261 g/mol. The normalized spacial score (nSPS) is 10.3. The summed E-state index contributed by atoms with van der Waals surface area (Å²) in [5.74, 6) is -0.259. The average Bonchev–Trinajstić information content (AvgIpc) is 2.72. The van der Waals surface area contributed by atoms with Crippen LogP contribution in [0.1, 0.15) is 5.69 Å². The predicted molar refractivity (Wildman–Crippen MR) is 60.0 cm³/mol. The number of rotatable bonds is 3. The molecule has 1 aromatic carbocycles. The molecule has 15 heavy (non-hydrogen) atoms. The van der Waals surface area contributed by atoms with Crippen LogP contribution in [-0.2, 0) is 6.54 Å². The lowest BCUT2D eigenvalue weighted by molar-refractivity contribution is 0.628. The second-order valence-electron chi connectivity index (χ2n) is 3.05. The quantitative estimate of drug-likeness (QED) is 0.900. The van der Waals surface area contributed by atoms with E-state index in [1.807, 2.05) is 0 Å². The molecule has 5 heteroatoms. The molecule has 78 valence electrons. The van der Waals surface area contributed by atoms with Crippen molar-refractivity contribution in [3.8, 4) is 0 Å². The van der Waals surface area contributed by atoms with Gasteiger partial charge in [0, 0.05) is 10.7 Å². The maximum absolute atomic E-state index is 12.9. The van der Waals surface area contributed by atoms with E-state index in [9.17, 15) is 4.39 Å². The number of anilines is 1. The molecule has 0 aliphatic rings. The molecule has 2 rings (SSSR count). The Morgan fingerprint density at radius 1 is 1.47 bits per heavy atom. The monoisotopic (exact) mass is 269 g/mol. The van der Waals surface area contributed by atoms with Crippen LogP contribution in [0.15, 0.2) is 35.2 Å². The summed E-state index contributed by atoms with van der Waals surface area (Å²) in [5, 5.41) is 3.10. The summed E-state index contributed by atoms with van der Waals surface area (Å²) in [4.78, 5) is 6.85. The van der Waals surface area contributed by atoms with Gasteiger partial charge in [-0.05, 0) is 34.1 Å². The van der Waals surface area contributed by atoms with E-state index >= 15 is 0 Å². The van der Waals surface area contributed by atoms with Crippen LogP contribution in [0, 0.1) is 5.82 Å². The van der Waals surface area contributed by atoms with Crippen LogP contribution in [0.3, 0.4) is 0 Å². The zero-order chi connectivity index (χ0) is 10.7. The maximum Gasteiger partial charge on any atom is 0.125 e. The molecule has 1 aromatic heterocycles. The summed E-state index contributed by atoms with van der Waals surface area (Å²) in [6.07, 6.45) is 3.33. The highest BCUT2D eigenvalue weighted by Gasteiger charge is 2.01. The van der Waals surface area contributed by atoms with Crippen LogP contribution >= 0.6 is 15.9 Å². The van der Waals surface area contributed by atoms with Crippen molar-refractivity contribution in [2.24, 2.45) is 0 Å². The molecule has 0 bridgehead atoms. The summed E-state index contributed by atoms with van der Waals surface area (Å²) in [6.45, 7) is 0.585. The molecule has 2 aromatic rings. The molecule has 1 heterocycles. The molecule has 0 aliphatic carbocycles. The topological polar surface area (TPSA) is 40.7 Å². The van der Waals surface area contributed by atoms with E-state index in [1.165, 1.54) is 12.1 Å². The van der Waals surface area contributed by atoms with Crippen molar-refractivity contribution in [3.05, 3.63) is 46.7 Å². The van der Waals surface area contributed by atoms with Crippen molar-refractivity contribution < 1.29 is 4.39 Å². The Kier molecular flexibility index (Phi) is 3.01. The molecule has 0 saturated carbocycles. The van der Waals surface area contributed by atoms with Gasteiger partial charge in [0.25, 0.3) is 0 Å². The maximum atomic E-state index is 12.9. The van der Waals surface area contributed by atoms with Gasteiger partial charge in [-0.25, -0.2) is 9.37 Å². The van der Waals surface area contributed by atoms with E-state index in [1.54, 1.807) is 18.6 Å². The van der Waals surface area contributed by atoms with Crippen molar-refractivity contribution in [2.75, 3.05) is 5.32 Å². The first-order valence-electron chi connectivity index (χ1n) is 4.42. The van der Waals surface area contributed by atoms with Gasteiger partial charge in [0.05, 0.1) is 24.3 Å². The van der Waals surface area contributed by atoms with E-state index < -0.39 is 0 Å². The van der Waals surface area contributed by atoms with Gasteiger partial charge < -0.3 is 10.3 Å². The standard InChI is InChI=1S/C10H9BrFN3/c11-9-2-1-7(12)3-10(9)14-5-8-4-13-6-15-8/h1-4,6,14H,5H2,(H,13,15). The van der Waals surface area contributed by atoms with Crippen LogP contribution in [0.5, 0.6) is 0 Å². The third kappa shape index (κ3) is 2.56. The van der Waals surface area contributed by atoms with Crippen molar-refractivity contribution in [1.82, 2.24) is 9.97 Å². The van der Waals surface area contributed by atoms with Crippen molar-refractivity contribution in [3.63, 3.8) is 0 Å². The highest BCUT2D eigenvalue weighted by Crippen LogP contribution is 2.23. The van der Waals surface area contributed by atoms with Gasteiger partial charge in [-0.3, -0.25) is 0 Å². The van der Waals surface area contributed by atoms with Crippen LogP contribution < -0.4 is 5.32 Å². The summed E-state index contributed by atoms with van der Waals surface area (Å²) in [7, 11) is 0. The number of benzene rings is 1. The lowest BCUT2D eigenvalue weighted by Gasteiger charge is -2.06. The third-order valence-corrected chi connectivity index (χ3v) is 2.64. The molecular formula is C10H9BrFN3. The molecule has 3 nitrogen and oxygen atoms in total. The highest BCUT2D eigenvalue weighted by atomic mass is 79.9. The minimum Gasteiger partial charge on any atom is -0.378 e. The summed E-state index contributed by atoms with van der Waals surface area (Å²) >= 11 is 3.34. The van der Waals surface area contributed by atoms with E-state index in [-0.39, 0.29) is 5.82 Å². The molecule has 0 amide bonds. The van der Waals surface area contributed by atoms with E-state index in [4.69, 9.17) is 0 Å². The minimum absolute atomic E-state index is 0.259. The Hall–Kier alpha value is -1.36. The zero-order valence-corrected chi connectivity index (χ0v) is 9.38. The fourth-order valence-corrected chi connectivity index (χ4v) is 1.59. The van der Waals surface area contributed by atoms with Gasteiger partial charge in [0.15, 0.2) is 0 Å². The van der Waals surface area contributed by atoms with Gasteiger partial charge in [0.2, 0.25) is 0 Å². The number of nitrogens with one attached hydrogen (secondary N) is 2. The van der Waals surface area contributed by atoms with Crippen molar-refractivity contribution in [2.45, 2.75) is 6.54 Å². The van der Waals surface area contributed by atoms with Crippen molar-refractivity contribution in [1.29, 1.82) is 0 Å². The van der Waals surface area contributed by atoms with Gasteiger partial charge in [-0.1, -0.05) is 0 Å². The number of H-pyrrole nitrogens is 1. The summed E-state index contributed by atoms with van der Waals surface area (Å²) in [6, 6.07) is 4.52. The summed E-state index contributed by atoms with van der Waals surface area (Å²) < 4.78 is 13.8. The fourth-order valence-electron chi connectivity index (χ4n) is 1.20. The Morgan fingerprint density at radius 2 is 2.33 bits per heavy atom. The molecule has 0 aliphatic heterocycles. The molecule has 0 fully saturated rings. The average molecular weight is 270 g/mol. The number of imidazole rings is 1. The van der Waals surface area contributed by atoms with Crippen LogP contribution in [0.25, 0.3) is 0 Å². The third-order valence-electron chi connectivity index (χ3n) is 1.95. The molecule has 2 N–H and O–H groups in total. The van der Waals surface area contributed by atoms with Crippen molar-refractivity contribution >= 4 is 21.6 Å². The second kappa shape index (κ2) is 4.44. The van der Waals surface area contributed by atoms with E-state index in [0.717, 1.165) is 15.9 Å². The Morgan fingerprint density at radius 3 is 3.07 bits per heavy atom. The number of hydrogen-bond donors (Lipinski definition) is 2.